The highest BCUT2D eigenvalue weighted by molar-refractivity contribution is 9.10. The minimum Gasteiger partial charge on any atom is -0.493 e. The van der Waals surface area contributed by atoms with Gasteiger partial charge in [0.2, 0.25) is 5.91 Å². The van der Waals surface area contributed by atoms with Crippen LogP contribution in [0.15, 0.2) is 64.0 Å². The third-order valence-electron chi connectivity index (χ3n) is 4.62. The summed E-state index contributed by atoms with van der Waals surface area (Å²) >= 11 is 15.2. The molecule has 7 nitrogen and oxygen atoms in total. The number of hydrogen-bond acceptors (Lipinski definition) is 5. The first kappa shape index (κ1) is 26.1. The van der Waals surface area contributed by atoms with E-state index in [9.17, 15) is 17.6 Å². The molecule has 0 fully saturated rings. The van der Waals surface area contributed by atoms with E-state index in [0.717, 1.165) is 16.4 Å². The number of methoxy groups -OCH3 is 2. The average molecular weight is 592 g/mol. The second kappa shape index (κ2) is 10.8. The molecule has 1 amide bonds. The van der Waals surface area contributed by atoms with Gasteiger partial charge in [-0.25, -0.2) is 12.8 Å². The van der Waals surface area contributed by atoms with Crippen molar-refractivity contribution < 1.29 is 27.1 Å². The molecular formula is C22H18BrCl2FN2O5S. The number of amides is 1. The number of benzene rings is 3. The standard InChI is InChI=1S/C22H18BrCl2FN2O5S/c1-32-20-8-5-15(11-21(20)33-2)34(30,31)28(14-4-7-19(26)18(25)10-14)12-22(29)27-13-3-6-16(23)17(24)9-13/h3-11H,12H2,1-2H3,(H,27,29). The largest absolute Gasteiger partial charge is 0.493 e. The van der Waals surface area contributed by atoms with Gasteiger partial charge in [0.15, 0.2) is 11.5 Å². The topological polar surface area (TPSA) is 84.9 Å². The Labute approximate surface area is 214 Å². The zero-order chi connectivity index (χ0) is 25.0. The Morgan fingerprint density at radius 2 is 1.71 bits per heavy atom. The summed E-state index contributed by atoms with van der Waals surface area (Å²) in [5.74, 6) is -0.900. The first-order chi connectivity index (χ1) is 16.1. The van der Waals surface area contributed by atoms with E-state index in [1.807, 2.05) is 0 Å². The fourth-order valence-electron chi connectivity index (χ4n) is 2.96. The number of carbonyl (C=O) groups is 1. The van der Waals surface area contributed by atoms with Gasteiger partial charge in [-0.3, -0.25) is 9.10 Å². The first-order valence-electron chi connectivity index (χ1n) is 9.51. The molecule has 0 atom stereocenters. The van der Waals surface area contributed by atoms with E-state index in [0.29, 0.717) is 20.9 Å². The van der Waals surface area contributed by atoms with Crippen LogP contribution in [0.3, 0.4) is 0 Å². The maximum atomic E-state index is 13.8. The van der Waals surface area contributed by atoms with Crippen molar-refractivity contribution in [3.63, 3.8) is 0 Å². The molecule has 3 aromatic carbocycles. The summed E-state index contributed by atoms with van der Waals surface area (Å²) in [7, 11) is -1.54. The van der Waals surface area contributed by atoms with Crippen LogP contribution >= 0.6 is 39.1 Å². The molecule has 12 heteroatoms. The van der Waals surface area contributed by atoms with Gasteiger partial charge in [0.1, 0.15) is 12.4 Å². The minimum absolute atomic E-state index is 0.00910. The van der Waals surface area contributed by atoms with Crippen molar-refractivity contribution in [2.24, 2.45) is 0 Å². The predicted molar refractivity (Wildman–Crippen MR) is 133 cm³/mol. The molecule has 0 unspecified atom stereocenters. The summed E-state index contributed by atoms with van der Waals surface area (Å²) in [6.07, 6.45) is 0. The van der Waals surface area contributed by atoms with Crippen molar-refractivity contribution in [1.29, 1.82) is 0 Å². The molecule has 1 N–H and O–H groups in total. The van der Waals surface area contributed by atoms with Gasteiger partial charge in [0.05, 0.1) is 34.8 Å². The molecule has 180 valence electrons. The maximum Gasteiger partial charge on any atom is 0.264 e. The molecule has 0 saturated heterocycles. The van der Waals surface area contributed by atoms with Crippen molar-refractivity contribution >= 4 is 66.4 Å². The van der Waals surface area contributed by atoms with Gasteiger partial charge in [0.25, 0.3) is 10.0 Å². The summed E-state index contributed by atoms with van der Waals surface area (Å²) in [5, 5.41) is 2.66. The lowest BCUT2D eigenvalue weighted by atomic mass is 10.3. The van der Waals surface area contributed by atoms with Gasteiger partial charge in [-0.1, -0.05) is 23.2 Å². The quantitative estimate of drug-likeness (QED) is 0.361. The van der Waals surface area contributed by atoms with Gasteiger partial charge in [-0.05, 0) is 64.5 Å². The number of ether oxygens (including phenoxy) is 2. The van der Waals surface area contributed by atoms with Gasteiger partial charge in [-0.15, -0.1) is 0 Å². The van der Waals surface area contributed by atoms with Gasteiger partial charge in [-0.2, -0.15) is 0 Å². The average Bonchev–Trinajstić information content (AvgIpc) is 2.81. The van der Waals surface area contributed by atoms with Crippen molar-refractivity contribution in [2.75, 3.05) is 30.4 Å². The van der Waals surface area contributed by atoms with Crippen molar-refractivity contribution in [3.8, 4) is 11.5 Å². The zero-order valence-corrected chi connectivity index (χ0v) is 21.7. The van der Waals surface area contributed by atoms with E-state index in [1.165, 1.54) is 44.6 Å². The van der Waals surface area contributed by atoms with Crippen LogP contribution in [-0.4, -0.2) is 35.1 Å². The molecule has 0 bridgehead atoms. The second-order valence-electron chi connectivity index (χ2n) is 6.80. The van der Waals surface area contributed by atoms with E-state index in [-0.39, 0.29) is 21.4 Å². The summed E-state index contributed by atoms with van der Waals surface area (Å²) in [6.45, 7) is -0.633. The normalized spacial score (nSPS) is 11.1. The van der Waals surface area contributed by atoms with E-state index in [4.69, 9.17) is 32.7 Å². The Hall–Kier alpha value is -2.53. The van der Waals surface area contributed by atoms with Crippen molar-refractivity contribution in [1.82, 2.24) is 0 Å². The lowest BCUT2D eigenvalue weighted by Gasteiger charge is -2.25. The Bertz CT molecular complexity index is 1340. The van der Waals surface area contributed by atoms with E-state index in [2.05, 4.69) is 21.2 Å². The van der Waals surface area contributed by atoms with Crippen LogP contribution in [0.5, 0.6) is 11.5 Å². The lowest BCUT2D eigenvalue weighted by molar-refractivity contribution is -0.114. The van der Waals surface area contributed by atoms with Crippen molar-refractivity contribution in [3.05, 3.63) is 74.9 Å². The summed E-state index contributed by atoms with van der Waals surface area (Å²) in [6, 6.07) is 12.1. The number of sulfonamides is 1. The van der Waals surface area contributed by atoms with Gasteiger partial charge >= 0.3 is 0 Å². The minimum atomic E-state index is -4.32. The molecule has 0 aliphatic heterocycles. The molecule has 0 aliphatic rings. The summed E-state index contributed by atoms with van der Waals surface area (Å²) in [4.78, 5) is 12.6. The van der Waals surface area contributed by atoms with E-state index < -0.39 is 28.3 Å². The number of carbonyl (C=O) groups excluding carboxylic acids is 1. The first-order valence-corrected chi connectivity index (χ1v) is 12.5. The molecular weight excluding hydrogens is 574 g/mol. The van der Waals surface area contributed by atoms with Gasteiger partial charge < -0.3 is 14.8 Å². The molecule has 3 rings (SSSR count). The number of nitrogens with zero attached hydrogens (tertiary/aromatic N) is 1. The van der Waals surface area contributed by atoms with Crippen LogP contribution in [0.2, 0.25) is 10.0 Å². The van der Waals surface area contributed by atoms with Gasteiger partial charge in [0, 0.05) is 16.2 Å². The Morgan fingerprint density at radius 3 is 2.32 bits per heavy atom. The molecule has 0 heterocycles. The highest BCUT2D eigenvalue weighted by Crippen LogP contribution is 2.33. The smallest absolute Gasteiger partial charge is 0.264 e. The molecule has 0 saturated carbocycles. The predicted octanol–water partition coefficient (Wildman–Crippen LogP) is 5.75. The molecule has 34 heavy (non-hydrogen) atoms. The number of hydrogen-bond donors (Lipinski definition) is 1. The Morgan fingerprint density at radius 1 is 1.00 bits per heavy atom. The maximum absolute atomic E-state index is 13.8. The van der Waals surface area contributed by atoms with Crippen LogP contribution in [0.25, 0.3) is 0 Å². The number of anilines is 2. The highest BCUT2D eigenvalue weighted by Gasteiger charge is 2.29. The fraction of sp³-hybridized carbons (Fsp3) is 0.136. The van der Waals surface area contributed by atoms with Crippen LogP contribution in [-0.2, 0) is 14.8 Å². The van der Waals surface area contributed by atoms with Crippen LogP contribution in [0.4, 0.5) is 15.8 Å². The molecule has 0 spiro atoms. The number of nitrogens with one attached hydrogen (secondary N) is 1. The fourth-order valence-corrected chi connectivity index (χ4v) is 5.00. The van der Waals surface area contributed by atoms with Crippen LogP contribution in [0.1, 0.15) is 0 Å². The van der Waals surface area contributed by atoms with E-state index in [1.54, 1.807) is 12.1 Å². The van der Waals surface area contributed by atoms with E-state index >= 15 is 0 Å². The molecule has 0 radical (unpaired) electrons. The summed E-state index contributed by atoms with van der Waals surface area (Å²) < 4.78 is 52.7. The summed E-state index contributed by atoms with van der Waals surface area (Å²) in [5.41, 5.74) is 0.351. The molecule has 0 aliphatic carbocycles. The SMILES string of the molecule is COc1ccc(S(=O)(=O)N(CC(=O)Nc2ccc(Br)c(Cl)c2)c2ccc(F)c(Cl)c2)cc1OC. The van der Waals surface area contributed by atoms with Crippen LogP contribution < -0.4 is 19.1 Å². The monoisotopic (exact) mass is 590 g/mol. The highest BCUT2D eigenvalue weighted by atomic mass is 79.9. The third-order valence-corrected chi connectivity index (χ3v) is 7.92. The third kappa shape index (κ3) is 5.75. The van der Waals surface area contributed by atoms with Crippen molar-refractivity contribution in [2.45, 2.75) is 4.90 Å². The number of halogens is 4. The second-order valence-corrected chi connectivity index (χ2v) is 10.3. The number of rotatable bonds is 8. The zero-order valence-electron chi connectivity index (χ0n) is 17.8. The molecule has 0 aromatic heterocycles. The Balaban J connectivity index is 2.02. The lowest BCUT2D eigenvalue weighted by Crippen LogP contribution is -2.38. The molecule has 3 aromatic rings. The van der Waals surface area contributed by atoms with Crippen LogP contribution in [0, 0.1) is 5.82 Å². The Kier molecular flexibility index (Phi) is 8.29.